The molecule has 1 heterocycles. The van der Waals surface area contributed by atoms with Crippen molar-refractivity contribution in [1.29, 1.82) is 0 Å². The molecule has 29 heavy (non-hydrogen) atoms. The summed E-state index contributed by atoms with van der Waals surface area (Å²) in [6, 6.07) is 6.94. The fourth-order valence-electron chi connectivity index (χ4n) is 2.31. The molecule has 0 unspecified atom stereocenters. The third kappa shape index (κ3) is 8.26. The fraction of sp³-hybridized carbons (Fsp3) is 0.375. The number of carbonyl (C=O) groups excluding carboxylic acids is 3. The molecule has 1 saturated heterocycles. The van der Waals surface area contributed by atoms with Gasteiger partial charge in [-0.25, -0.2) is 9.36 Å². The molecular formula is C16H20N3O8PS. The first kappa shape index (κ1) is 22.9. The van der Waals surface area contributed by atoms with E-state index in [0.717, 1.165) is 5.56 Å². The summed E-state index contributed by atoms with van der Waals surface area (Å²) >= 11 is 5.04. The molecule has 2 amide bonds. The average Bonchev–Trinajstić information content (AvgIpc) is 2.96. The zero-order chi connectivity index (χ0) is 21.4. The quantitative estimate of drug-likeness (QED) is 0.174. The lowest BCUT2D eigenvalue weighted by molar-refractivity contribution is -0.197. The highest BCUT2D eigenvalue weighted by molar-refractivity contribution is 7.80. The molecule has 4 N–H and O–H groups in total. The Balaban J connectivity index is 1.70. The van der Waals surface area contributed by atoms with Crippen LogP contribution < -0.4 is 10.6 Å². The third-order valence-electron chi connectivity index (χ3n) is 3.67. The van der Waals surface area contributed by atoms with Crippen molar-refractivity contribution in [2.75, 3.05) is 13.2 Å². The Morgan fingerprint density at radius 3 is 2.28 bits per heavy atom. The van der Waals surface area contributed by atoms with E-state index in [9.17, 15) is 18.9 Å². The number of carbonyl (C=O) groups is 3. The van der Waals surface area contributed by atoms with E-state index in [-0.39, 0.29) is 37.5 Å². The number of phosphoric acid groups is 1. The Hall–Kier alpha value is -2.37. The Morgan fingerprint density at radius 1 is 1.10 bits per heavy atom. The molecule has 13 heteroatoms. The smallest absolute Gasteiger partial charge is 0.360 e. The molecule has 0 atom stereocenters. The van der Waals surface area contributed by atoms with Crippen molar-refractivity contribution >= 4 is 42.9 Å². The number of hydrogen-bond donors (Lipinski definition) is 4. The Morgan fingerprint density at radius 2 is 1.69 bits per heavy atom. The highest BCUT2D eigenvalue weighted by Crippen LogP contribution is 2.35. The van der Waals surface area contributed by atoms with Gasteiger partial charge in [0.25, 0.3) is 11.8 Å². The minimum atomic E-state index is -4.49. The minimum Gasteiger partial charge on any atom is -0.360 e. The summed E-state index contributed by atoms with van der Waals surface area (Å²) in [6.07, 6.45) is -0.00718. The number of benzene rings is 1. The Kier molecular flexibility index (Phi) is 8.23. The molecule has 11 nitrogen and oxygen atoms in total. The number of imide groups is 1. The van der Waals surface area contributed by atoms with Crippen molar-refractivity contribution in [2.24, 2.45) is 0 Å². The number of hydroxylamine groups is 2. The van der Waals surface area contributed by atoms with Gasteiger partial charge in [0, 0.05) is 25.9 Å². The van der Waals surface area contributed by atoms with Crippen LogP contribution in [0.25, 0.3) is 0 Å². The molecule has 0 aliphatic carbocycles. The molecule has 1 aliphatic heterocycles. The monoisotopic (exact) mass is 445 g/mol. The zero-order valence-electron chi connectivity index (χ0n) is 15.2. The van der Waals surface area contributed by atoms with E-state index in [0.29, 0.717) is 17.2 Å². The second-order valence-corrected chi connectivity index (χ2v) is 7.62. The molecule has 0 saturated carbocycles. The van der Waals surface area contributed by atoms with Crippen LogP contribution in [-0.2, 0) is 41.3 Å². The van der Waals surface area contributed by atoms with Crippen LogP contribution >= 0.6 is 20.0 Å². The maximum Gasteiger partial charge on any atom is 0.469 e. The van der Waals surface area contributed by atoms with Crippen molar-refractivity contribution in [3.8, 4) is 0 Å². The van der Waals surface area contributed by atoms with Gasteiger partial charge in [-0.15, -0.1) is 5.06 Å². The normalized spacial score (nSPS) is 14.1. The third-order valence-corrected chi connectivity index (χ3v) is 4.48. The van der Waals surface area contributed by atoms with Crippen LogP contribution in [0.1, 0.15) is 24.0 Å². The van der Waals surface area contributed by atoms with Gasteiger partial charge in [0.15, 0.2) is 5.11 Å². The van der Waals surface area contributed by atoms with Crippen LogP contribution in [0.3, 0.4) is 0 Å². The number of phosphoric ester groups is 1. The summed E-state index contributed by atoms with van der Waals surface area (Å²) in [4.78, 5) is 56.7. The lowest BCUT2D eigenvalue weighted by Gasteiger charge is -2.13. The molecule has 1 aromatic rings. The van der Waals surface area contributed by atoms with Crippen LogP contribution in [0.4, 0.5) is 0 Å². The van der Waals surface area contributed by atoms with Gasteiger partial charge in [0.05, 0.1) is 13.0 Å². The lowest BCUT2D eigenvalue weighted by Crippen LogP contribution is -2.36. The van der Waals surface area contributed by atoms with Crippen LogP contribution in [0.2, 0.25) is 0 Å². The van der Waals surface area contributed by atoms with Gasteiger partial charge < -0.3 is 25.3 Å². The highest BCUT2D eigenvalue weighted by atomic mass is 32.1. The molecule has 2 rings (SSSR count). The Labute approximate surface area is 171 Å². The van der Waals surface area contributed by atoms with Crippen LogP contribution in [0.5, 0.6) is 0 Å². The van der Waals surface area contributed by atoms with E-state index in [1.54, 1.807) is 24.3 Å². The van der Waals surface area contributed by atoms with Crippen LogP contribution in [-0.4, -0.2) is 50.9 Å². The summed E-state index contributed by atoms with van der Waals surface area (Å²) in [5.41, 5.74) is 1.51. The first-order valence-corrected chi connectivity index (χ1v) is 10.4. The number of hydrogen-bond acceptors (Lipinski definition) is 7. The molecule has 1 aromatic carbocycles. The van der Waals surface area contributed by atoms with Crippen molar-refractivity contribution in [2.45, 2.75) is 25.8 Å². The number of nitrogens with zero attached hydrogens (tertiary/aromatic N) is 1. The van der Waals surface area contributed by atoms with Gasteiger partial charge in [0.2, 0.25) is 0 Å². The summed E-state index contributed by atoms with van der Waals surface area (Å²) in [7, 11) is -4.49. The second kappa shape index (κ2) is 10.4. The van der Waals surface area contributed by atoms with E-state index in [4.69, 9.17) is 26.8 Å². The van der Waals surface area contributed by atoms with E-state index in [1.807, 2.05) is 0 Å². The maximum atomic E-state index is 11.9. The summed E-state index contributed by atoms with van der Waals surface area (Å²) < 4.78 is 14.8. The first-order valence-electron chi connectivity index (χ1n) is 8.50. The number of nitrogens with one attached hydrogen (secondary N) is 2. The highest BCUT2D eigenvalue weighted by Gasteiger charge is 2.32. The predicted molar refractivity (Wildman–Crippen MR) is 103 cm³/mol. The summed E-state index contributed by atoms with van der Waals surface area (Å²) in [6.45, 7) is 0.304. The molecule has 1 aliphatic rings. The van der Waals surface area contributed by atoms with Crippen LogP contribution in [0, 0.1) is 0 Å². The maximum absolute atomic E-state index is 11.9. The minimum absolute atomic E-state index is 0.0429. The molecule has 0 bridgehead atoms. The van der Waals surface area contributed by atoms with E-state index in [2.05, 4.69) is 15.2 Å². The SMILES string of the molecule is O=C(Cc1ccc(CNC(=S)NCCOP(=O)(O)O)cc1)ON1C(=O)CCC1=O. The fourth-order valence-corrected chi connectivity index (χ4v) is 2.81. The van der Waals surface area contributed by atoms with Crippen molar-refractivity contribution in [1.82, 2.24) is 15.7 Å². The number of thiocarbonyl (C=S) groups is 1. The standard InChI is InChI=1S/C16H20N3O8PS/c20-13-5-6-14(21)19(13)27-15(22)9-11-1-3-12(4-2-11)10-18-16(29)17-7-8-26-28(23,24)25/h1-4H,5-10H2,(H2,17,18,29)(H2,23,24,25). The summed E-state index contributed by atoms with van der Waals surface area (Å²) in [5, 5.41) is 6.45. The number of rotatable bonds is 9. The summed E-state index contributed by atoms with van der Waals surface area (Å²) in [5.74, 6) is -1.76. The number of amides is 2. The van der Waals surface area contributed by atoms with E-state index >= 15 is 0 Å². The topological polar surface area (TPSA) is 154 Å². The van der Waals surface area contributed by atoms with Gasteiger partial charge in [0.1, 0.15) is 0 Å². The lowest BCUT2D eigenvalue weighted by atomic mass is 10.1. The molecule has 158 valence electrons. The predicted octanol–water partition coefficient (Wildman–Crippen LogP) is -0.0903. The molecular weight excluding hydrogens is 425 g/mol. The zero-order valence-corrected chi connectivity index (χ0v) is 16.9. The van der Waals surface area contributed by atoms with E-state index in [1.165, 1.54) is 0 Å². The van der Waals surface area contributed by atoms with Crippen molar-refractivity contribution in [3.63, 3.8) is 0 Å². The molecule has 0 radical (unpaired) electrons. The van der Waals surface area contributed by atoms with E-state index < -0.39 is 25.6 Å². The van der Waals surface area contributed by atoms with Crippen molar-refractivity contribution < 1.29 is 38.1 Å². The van der Waals surface area contributed by atoms with Gasteiger partial charge in [-0.1, -0.05) is 24.3 Å². The largest absolute Gasteiger partial charge is 0.469 e. The molecule has 1 fully saturated rings. The van der Waals surface area contributed by atoms with Crippen LogP contribution in [0.15, 0.2) is 24.3 Å². The first-order chi connectivity index (χ1) is 13.6. The van der Waals surface area contributed by atoms with Gasteiger partial charge in [-0.2, -0.15) is 0 Å². The van der Waals surface area contributed by atoms with Crippen molar-refractivity contribution in [3.05, 3.63) is 35.4 Å². The van der Waals surface area contributed by atoms with Gasteiger partial charge in [-0.3, -0.25) is 14.1 Å². The van der Waals surface area contributed by atoms with Gasteiger partial charge >= 0.3 is 13.8 Å². The second-order valence-electron chi connectivity index (χ2n) is 5.97. The molecule has 0 aromatic heterocycles. The molecule has 0 spiro atoms. The van der Waals surface area contributed by atoms with Gasteiger partial charge in [-0.05, 0) is 23.3 Å². The Bertz CT molecular complexity index is 810. The average molecular weight is 445 g/mol.